The van der Waals surface area contributed by atoms with Crippen LogP contribution in [0.25, 0.3) is 0 Å². The first-order chi connectivity index (χ1) is 9.99. The number of rotatable bonds is 1. The summed E-state index contributed by atoms with van der Waals surface area (Å²) in [6.45, 7) is 6.45. The van der Waals surface area contributed by atoms with Gasteiger partial charge in [-0.25, -0.2) is 0 Å². The summed E-state index contributed by atoms with van der Waals surface area (Å²) in [4.78, 5) is 0. The van der Waals surface area contributed by atoms with Crippen molar-refractivity contribution in [3.8, 4) is 0 Å². The molecule has 2 heteroatoms. The predicted octanol–water partition coefficient (Wildman–Crippen LogP) is 3.90. The van der Waals surface area contributed by atoms with E-state index in [0.29, 0.717) is 18.3 Å². The highest BCUT2D eigenvalue weighted by molar-refractivity contribution is 5.38. The highest BCUT2D eigenvalue weighted by Gasteiger charge is 2.42. The van der Waals surface area contributed by atoms with E-state index in [-0.39, 0.29) is 0 Å². The van der Waals surface area contributed by atoms with Gasteiger partial charge in [0.25, 0.3) is 0 Å². The van der Waals surface area contributed by atoms with Crippen molar-refractivity contribution in [3.05, 3.63) is 35.5 Å². The zero-order valence-electron chi connectivity index (χ0n) is 13.1. The molecule has 3 saturated carbocycles. The van der Waals surface area contributed by atoms with Gasteiger partial charge in [-0.15, -0.1) is 0 Å². The molecule has 4 atom stereocenters. The Labute approximate surface area is 128 Å². The van der Waals surface area contributed by atoms with E-state index in [0.717, 1.165) is 17.1 Å². The van der Waals surface area contributed by atoms with Gasteiger partial charge in [0.1, 0.15) is 0 Å². The molecule has 0 bridgehead atoms. The summed E-state index contributed by atoms with van der Waals surface area (Å²) in [5.41, 5.74) is 3.92. The lowest BCUT2D eigenvalue weighted by molar-refractivity contribution is 0.0862. The van der Waals surface area contributed by atoms with Crippen LogP contribution < -0.4 is 0 Å². The maximum absolute atomic E-state index is 9.93. The Morgan fingerprint density at radius 1 is 1.19 bits per heavy atom. The molecule has 3 rings (SSSR count). The predicted molar refractivity (Wildman–Crippen MR) is 85.9 cm³/mol. The zero-order valence-corrected chi connectivity index (χ0v) is 13.1. The fraction of sp³-hybridized carbons (Fsp3) is 0.684. The lowest BCUT2D eigenvalue weighted by Gasteiger charge is -2.38. The molecule has 3 fully saturated rings. The van der Waals surface area contributed by atoms with Crippen LogP contribution in [0.4, 0.5) is 0 Å². The first kappa shape index (κ1) is 15.1. The van der Waals surface area contributed by atoms with E-state index in [2.05, 4.69) is 25.7 Å². The largest absolute Gasteiger partial charge is 0.393 e. The van der Waals surface area contributed by atoms with Crippen molar-refractivity contribution in [2.24, 2.45) is 11.3 Å². The Morgan fingerprint density at radius 3 is 2.76 bits per heavy atom. The summed E-state index contributed by atoms with van der Waals surface area (Å²) in [5.74, 6) is 0.745. The SMILES string of the molecule is C=C1/C(=C\C=C2/CCCC3(C)CCCC23)C[C@@H](O)CC1O. The van der Waals surface area contributed by atoms with Crippen LogP contribution in [0, 0.1) is 11.3 Å². The first-order valence-corrected chi connectivity index (χ1v) is 8.44. The average molecular weight is 288 g/mol. The van der Waals surface area contributed by atoms with Crippen LogP contribution in [0.1, 0.15) is 58.3 Å². The minimum Gasteiger partial charge on any atom is -0.393 e. The van der Waals surface area contributed by atoms with Crippen molar-refractivity contribution >= 4 is 0 Å². The first-order valence-electron chi connectivity index (χ1n) is 8.44. The third-order valence-electron chi connectivity index (χ3n) is 6.01. The molecule has 0 aromatic rings. The summed E-state index contributed by atoms with van der Waals surface area (Å²) in [6.07, 6.45) is 12.4. The smallest absolute Gasteiger partial charge is 0.0811 e. The van der Waals surface area contributed by atoms with E-state index in [4.69, 9.17) is 0 Å². The molecule has 2 nitrogen and oxygen atoms in total. The average Bonchev–Trinajstić information content (AvgIpc) is 2.83. The standard InChI is InChI=1S/C19H28O2/c1-13-15(11-16(20)12-18(13)21)8-7-14-5-3-9-19(2)10-4-6-17(14)19/h7-8,16-18,20-21H,1,3-6,9-12H2,2H3/b14-7+,15-8-/t16-,17?,18?,19?/m1/s1. The van der Waals surface area contributed by atoms with E-state index in [1.165, 1.54) is 38.5 Å². The van der Waals surface area contributed by atoms with Crippen molar-refractivity contribution in [1.82, 2.24) is 0 Å². The second-order valence-corrected chi connectivity index (χ2v) is 7.52. The van der Waals surface area contributed by atoms with Gasteiger partial charge in [0.05, 0.1) is 12.2 Å². The second-order valence-electron chi connectivity index (χ2n) is 7.52. The van der Waals surface area contributed by atoms with E-state index in [9.17, 15) is 10.2 Å². The topological polar surface area (TPSA) is 40.5 Å². The zero-order chi connectivity index (χ0) is 15.0. The molecule has 0 aromatic heterocycles. The highest BCUT2D eigenvalue weighted by Crippen LogP contribution is 2.54. The molecule has 2 N–H and O–H groups in total. The number of fused-ring (bicyclic) bond motifs is 1. The van der Waals surface area contributed by atoms with E-state index >= 15 is 0 Å². The summed E-state index contributed by atoms with van der Waals surface area (Å²) < 4.78 is 0. The molecule has 3 aliphatic rings. The van der Waals surface area contributed by atoms with Crippen LogP contribution in [0.3, 0.4) is 0 Å². The van der Waals surface area contributed by atoms with E-state index < -0.39 is 12.2 Å². The lowest BCUT2D eigenvalue weighted by Crippen LogP contribution is -2.28. The Bertz CT molecular complexity index is 488. The maximum Gasteiger partial charge on any atom is 0.0811 e. The van der Waals surface area contributed by atoms with Crippen molar-refractivity contribution in [2.45, 2.75) is 70.5 Å². The fourth-order valence-corrected chi connectivity index (χ4v) is 4.70. The van der Waals surface area contributed by atoms with Gasteiger partial charge in [-0.2, -0.15) is 0 Å². The number of aliphatic hydroxyl groups is 2. The van der Waals surface area contributed by atoms with Crippen molar-refractivity contribution in [3.63, 3.8) is 0 Å². The number of hydrogen-bond donors (Lipinski definition) is 2. The van der Waals surface area contributed by atoms with Crippen molar-refractivity contribution < 1.29 is 10.2 Å². The number of allylic oxidation sites excluding steroid dienone is 3. The summed E-state index contributed by atoms with van der Waals surface area (Å²) in [6, 6.07) is 0. The van der Waals surface area contributed by atoms with Gasteiger partial charge in [-0.3, -0.25) is 0 Å². The van der Waals surface area contributed by atoms with Crippen molar-refractivity contribution in [1.29, 1.82) is 0 Å². The van der Waals surface area contributed by atoms with Crippen LogP contribution in [-0.4, -0.2) is 22.4 Å². The Hall–Kier alpha value is -0.860. The normalized spacial score (nSPS) is 44.3. The quantitative estimate of drug-likeness (QED) is 0.768. The van der Waals surface area contributed by atoms with Gasteiger partial charge >= 0.3 is 0 Å². The molecule has 0 saturated heterocycles. The molecule has 0 amide bonds. The van der Waals surface area contributed by atoms with Gasteiger partial charge in [0.15, 0.2) is 0 Å². The van der Waals surface area contributed by atoms with Gasteiger partial charge in [0.2, 0.25) is 0 Å². The minimum absolute atomic E-state index is 0.424. The maximum atomic E-state index is 9.93. The van der Waals surface area contributed by atoms with Crippen LogP contribution >= 0.6 is 0 Å². The van der Waals surface area contributed by atoms with Crippen LogP contribution in [0.2, 0.25) is 0 Å². The Morgan fingerprint density at radius 2 is 1.95 bits per heavy atom. The Kier molecular flexibility index (Phi) is 4.11. The number of hydrogen-bond acceptors (Lipinski definition) is 2. The van der Waals surface area contributed by atoms with Gasteiger partial charge in [-0.05, 0) is 61.0 Å². The minimum atomic E-state index is -0.582. The fourth-order valence-electron chi connectivity index (χ4n) is 4.70. The third kappa shape index (κ3) is 2.89. The number of aliphatic hydroxyl groups excluding tert-OH is 2. The third-order valence-corrected chi connectivity index (χ3v) is 6.01. The van der Waals surface area contributed by atoms with Crippen molar-refractivity contribution in [2.75, 3.05) is 0 Å². The van der Waals surface area contributed by atoms with Crippen LogP contribution in [0.5, 0.6) is 0 Å². The molecular formula is C19H28O2. The molecule has 116 valence electrons. The summed E-state index contributed by atoms with van der Waals surface area (Å²) in [5, 5.41) is 19.8. The van der Waals surface area contributed by atoms with E-state index in [1.807, 2.05) is 0 Å². The summed E-state index contributed by atoms with van der Waals surface area (Å²) in [7, 11) is 0. The molecule has 0 radical (unpaired) electrons. The van der Waals surface area contributed by atoms with Gasteiger partial charge < -0.3 is 10.2 Å². The second kappa shape index (κ2) is 5.73. The molecule has 0 aromatic carbocycles. The molecule has 0 heterocycles. The highest BCUT2D eigenvalue weighted by atomic mass is 16.3. The lowest BCUT2D eigenvalue weighted by atomic mass is 9.67. The van der Waals surface area contributed by atoms with Gasteiger partial charge in [-0.1, -0.05) is 37.6 Å². The monoisotopic (exact) mass is 288 g/mol. The molecule has 21 heavy (non-hydrogen) atoms. The molecule has 0 spiro atoms. The molecular weight excluding hydrogens is 260 g/mol. The molecule has 3 aliphatic carbocycles. The van der Waals surface area contributed by atoms with Crippen LogP contribution in [0.15, 0.2) is 35.5 Å². The van der Waals surface area contributed by atoms with Crippen LogP contribution in [-0.2, 0) is 0 Å². The Balaban J connectivity index is 1.81. The molecule has 0 aliphatic heterocycles. The van der Waals surface area contributed by atoms with E-state index in [1.54, 1.807) is 5.57 Å². The van der Waals surface area contributed by atoms with Gasteiger partial charge in [0, 0.05) is 6.42 Å². The summed E-state index contributed by atoms with van der Waals surface area (Å²) >= 11 is 0. The molecule has 3 unspecified atom stereocenters.